The first kappa shape index (κ1) is 18.6. The molecule has 0 radical (unpaired) electrons. The van der Waals surface area contributed by atoms with Gasteiger partial charge in [0.1, 0.15) is 17.9 Å². The monoisotopic (exact) mass is 366 g/mol. The van der Waals surface area contributed by atoms with Crippen LogP contribution in [0.15, 0.2) is 17.5 Å². The molecular weight excluding hydrogens is 348 g/mol. The first-order valence-corrected chi connectivity index (χ1v) is 8.39. The number of amides is 1. The minimum absolute atomic E-state index is 0.126. The van der Waals surface area contributed by atoms with Crippen molar-refractivity contribution in [2.45, 2.75) is 26.8 Å². The summed E-state index contributed by atoms with van der Waals surface area (Å²) in [4.78, 5) is 35.0. The van der Waals surface area contributed by atoms with Crippen LogP contribution in [-0.2, 0) is 27.3 Å². The lowest BCUT2D eigenvalue weighted by molar-refractivity contribution is -0.386. The molecule has 0 bridgehead atoms. The molecule has 0 saturated heterocycles. The Morgan fingerprint density at radius 2 is 2.20 bits per heavy atom. The zero-order chi connectivity index (χ0) is 18.4. The zero-order valence-electron chi connectivity index (χ0n) is 13.9. The topological polar surface area (TPSA) is 116 Å². The van der Waals surface area contributed by atoms with Crippen molar-refractivity contribution in [3.05, 3.63) is 43.9 Å². The molecule has 0 aromatic carbocycles. The Labute approximate surface area is 147 Å². The molecule has 1 amide bonds. The minimum Gasteiger partial charge on any atom is -0.454 e. The highest BCUT2D eigenvalue weighted by Gasteiger charge is 2.23. The van der Waals surface area contributed by atoms with E-state index < -0.39 is 23.4 Å². The molecular formula is C15H18N4O5S. The summed E-state index contributed by atoms with van der Waals surface area (Å²) in [6.07, 6.45) is 0.715. The number of nitrogens with zero attached hydrogens (tertiary/aromatic N) is 3. The van der Waals surface area contributed by atoms with E-state index in [2.05, 4.69) is 10.4 Å². The highest BCUT2D eigenvalue weighted by molar-refractivity contribution is 7.09. The fraction of sp³-hybridized carbons (Fsp3) is 0.400. The van der Waals surface area contributed by atoms with Crippen molar-refractivity contribution < 1.29 is 19.2 Å². The lowest BCUT2D eigenvalue weighted by Crippen LogP contribution is -2.31. The average Bonchev–Trinajstić information content (AvgIpc) is 3.14. The summed E-state index contributed by atoms with van der Waals surface area (Å²) in [5.41, 5.74) is 0.362. The van der Waals surface area contributed by atoms with E-state index in [-0.39, 0.29) is 23.6 Å². The summed E-state index contributed by atoms with van der Waals surface area (Å²) in [5, 5.41) is 19.5. The molecule has 1 N–H and O–H groups in total. The van der Waals surface area contributed by atoms with Gasteiger partial charge in [0.25, 0.3) is 5.91 Å². The number of carbonyl (C=O) groups excluding carboxylic acids is 2. The molecule has 10 heteroatoms. The number of aryl methyl sites for hydroxylation is 1. The SMILES string of the molecule is Cc1nn(CC(=O)OCC(=O)NCCc2cccs2)c(C)c1[N+](=O)[O-]. The van der Waals surface area contributed by atoms with Gasteiger partial charge >= 0.3 is 11.7 Å². The summed E-state index contributed by atoms with van der Waals surface area (Å²) in [6.45, 7) is 2.77. The van der Waals surface area contributed by atoms with Crippen LogP contribution in [0.25, 0.3) is 0 Å². The van der Waals surface area contributed by atoms with Crippen molar-refractivity contribution in [3.63, 3.8) is 0 Å². The van der Waals surface area contributed by atoms with E-state index in [0.717, 1.165) is 4.88 Å². The number of carbonyl (C=O) groups is 2. The van der Waals surface area contributed by atoms with Gasteiger partial charge in [-0.2, -0.15) is 5.10 Å². The van der Waals surface area contributed by atoms with E-state index >= 15 is 0 Å². The van der Waals surface area contributed by atoms with Crippen LogP contribution in [0, 0.1) is 24.0 Å². The molecule has 0 atom stereocenters. The van der Waals surface area contributed by atoms with E-state index in [9.17, 15) is 19.7 Å². The minimum atomic E-state index is -0.686. The van der Waals surface area contributed by atoms with Crippen LogP contribution in [0.2, 0.25) is 0 Å². The van der Waals surface area contributed by atoms with Crippen molar-refractivity contribution in [2.24, 2.45) is 0 Å². The van der Waals surface area contributed by atoms with E-state index in [1.54, 1.807) is 11.3 Å². The Balaban J connectivity index is 1.76. The molecule has 2 aromatic rings. The highest BCUT2D eigenvalue weighted by Crippen LogP contribution is 2.21. The molecule has 0 aliphatic rings. The molecule has 2 heterocycles. The first-order chi connectivity index (χ1) is 11.9. The number of rotatable bonds is 8. The van der Waals surface area contributed by atoms with Gasteiger partial charge in [-0.1, -0.05) is 6.07 Å². The second-order valence-corrected chi connectivity index (χ2v) is 6.31. The van der Waals surface area contributed by atoms with Gasteiger partial charge in [-0.25, -0.2) is 0 Å². The molecule has 0 unspecified atom stereocenters. The van der Waals surface area contributed by atoms with Crippen LogP contribution in [0.5, 0.6) is 0 Å². The van der Waals surface area contributed by atoms with Crippen LogP contribution in [-0.4, -0.2) is 39.7 Å². The maximum Gasteiger partial charge on any atom is 0.328 e. The maximum absolute atomic E-state index is 11.8. The summed E-state index contributed by atoms with van der Waals surface area (Å²) in [7, 11) is 0. The lowest BCUT2D eigenvalue weighted by atomic mass is 10.3. The molecule has 0 aliphatic carbocycles. The van der Waals surface area contributed by atoms with Gasteiger partial charge in [-0.05, 0) is 31.7 Å². The van der Waals surface area contributed by atoms with Gasteiger partial charge in [0, 0.05) is 11.4 Å². The molecule has 0 aliphatic heterocycles. The van der Waals surface area contributed by atoms with Crippen LogP contribution in [0.3, 0.4) is 0 Å². The van der Waals surface area contributed by atoms with Crippen molar-refractivity contribution in [1.29, 1.82) is 0 Å². The van der Waals surface area contributed by atoms with Gasteiger partial charge in [0.05, 0.1) is 4.92 Å². The molecule has 9 nitrogen and oxygen atoms in total. The van der Waals surface area contributed by atoms with Gasteiger partial charge in [0.2, 0.25) is 0 Å². The van der Waals surface area contributed by atoms with Crippen molar-refractivity contribution in [2.75, 3.05) is 13.2 Å². The predicted molar refractivity (Wildman–Crippen MR) is 90.3 cm³/mol. The number of aromatic nitrogens is 2. The Kier molecular flexibility index (Phi) is 6.23. The van der Waals surface area contributed by atoms with E-state index in [0.29, 0.717) is 13.0 Å². The molecule has 134 valence electrons. The Hall–Kier alpha value is -2.75. The third-order valence-electron chi connectivity index (χ3n) is 3.44. The second kappa shape index (κ2) is 8.38. The number of nitrogens with one attached hydrogen (secondary N) is 1. The van der Waals surface area contributed by atoms with E-state index in [1.807, 2.05) is 17.5 Å². The Morgan fingerprint density at radius 3 is 2.80 bits per heavy atom. The molecule has 2 aromatic heterocycles. The third-order valence-corrected chi connectivity index (χ3v) is 4.38. The van der Waals surface area contributed by atoms with Crippen LogP contribution < -0.4 is 5.32 Å². The molecule has 2 rings (SSSR count). The van der Waals surface area contributed by atoms with Gasteiger partial charge in [0.15, 0.2) is 6.61 Å². The Morgan fingerprint density at radius 1 is 1.44 bits per heavy atom. The zero-order valence-corrected chi connectivity index (χ0v) is 14.7. The molecule has 25 heavy (non-hydrogen) atoms. The maximum atomic E-state index is 11.8. The number of thiophene rings is 1. The highest BCUT2D eigenvalue weighted by atomic mass is 32.1. The fourth-order valence-electron chi connectivity index (χ4n) is 2.25. The van der Waals surface area contributed by atoms with Gasteiger partial charge in [-0.15, -0.1) is 11.3 Å². The third kappa shape index (κ3) is 5.11. The lowest BCUT2D eigenvalue weighted by Gasteiger charge is -2.07. The number of nitro groups is 1. The molecule has 0 fully saturated rings. The fourth-order valence-corrected chi connectivity index (χ4v) is 2.96. The summed E-state index contributed by atoms with van der Waals surface area (Å²) >= 11 is 1.61. The van der Waals surface area contributed by atoms with Crippen molar-refractivity contribution in [1.82, 2.24) is 15.1 Å². The number of hydrogen-bond donors (Lipinski definition) is 1. The van der Waals surface area contributed by atoms with E-state index in [1.165, 1.54) is 18.5 Å². The van der Waals surface area contributed by atoms with Crippen LogP contribution >= 0.6 is 11.3 Å². The summed E-state index contributed by atoms with van der Waals surface area (Å²) < 4.78 is 6.08. The van der Waals surface area contributed by atoms with Crippen LogP contribution in [0.1, 0.15) is 16.3 Å². The second-order valence-electron chi connectivity index (χ2n) is 5.27. The standard InChI is InChI=1S/C15H18N4O5S/c1-10-15(19(22)23)11(2)18(17-10)8-14(21)24-9-13(20)16-6-5-12-4-3-7-25-12/h3-4,7H,5-6,8-9H2,1-2H3,(H,16,20). The summed E-state index contributed by atoms with van der Waals surface area (Å²) in [6, 6.07) is 3.91. The van der Waals surface area contributed by atoms with Crippen molar-refractivity contribution in [3.8, 4) is 0 Å². The van der Waals surface area contributed by atoms with Gasteiger partial charge < -0.3 is 10.1 Å². The largest absolute Gasteiger partial charge is 0.454 e. The summed E-state index contributed by atoms with van der Waals surface area (Å²) in [5.74, 6) is -1.09. The normalized spacial score (nSPS) is 10.5. The molecule has 0 saturated carbocycles. The average molecular weight is 366 g/mol. The number of esters is 1. The number of hydrogen-bond acceptors (Lipinski definition) is 7. The van der Waals surface area contributed by atoms with Gasteiger partial charge in [-0.3, -0.25) is 24.4 Å². The quantitative estimate of drug-likeness (QED) is 0.428. The molecule has 0 spiro atoms. The van der Waals surface area contributed by atoms with Crippen LogP contribution in [0.4, 0.5) is 5.69 Å². The Bertz CT molecular complexity index is 769. The van der Waals surface area contributed by atoms with E-state index in [4.69, 9.17) is 4.74 Å². The number of ether oxygens (including phenoxy) is 1. The predicted octanol–water partition coefficient (Wildman–Crippen LogP) is 1.37. The van der Waals surface area contributed by atoms with Crippen molar-refractivity contribution >= 4 is 28.9 Å². The first-order valence-electron chi connectivity index (χ1n) is 7.51. The smallest absolute Gasteiger partial charge is 0.328 e.